The Morgan fingerprint density at radius 3 is 2.69 bits per heavy atom. The molecule has 0 bridgehead atoms. The summed E-state index contributed by atoms with van der Waals surface area (Å²) in [7, 11) is 0. The third-order valence-electron chi connectivity index (χ3n) is 4.85. The molecule has 0 saturated carbocycles. The topological polar surface area (TPSA) is 71.4 Å². The zero-order valence-corrected chi connectivity index (χ0v) is 15.0. The van der Waals surface area contributed by atoms with Gasteiger partial charge in [-0.3, -0.25) is 14.6 Å². The van der Waals surface area contributed by atoms with Gasteiger partial charge in [-0.2, -0.15) is 0 Å². The summed E-state index contributed by atoms with van der Waals surface area (Å²) in [6.07, 6.45) is 6.80. The van der Waals surface area contributed by atoms with Crippen LogP contribution in [0.25, 0.3) is 6.08 Å². The van der Waals surface area contributed by atoms with Crippen molar-refractivity contribution in [2.24, 2.45) is 4.99 Å². The summed E-state index contributed by atoms with van der Waals surface area (Å²) >= 11 is 0. The maximum Gasteiger partial charge on any atom is 0.237 e. The molecule has 1 aliphatic carbocycles. The predicted molar refractivity (Wildman–Crippen MR) is 104 cm³/mol. The Morgan fingerprint density at radius 2 is 2.00 bits per heavy atom. The van der Waals surface area contributed by atoms with Crippen LogP contribution in [0.3, 0.4) is 0 Å². The lowest BCUT2D eigenvalue weighted by Gasteiger charge is -2.20. The first-order valence-electron chi connectivity index (χ1n) is 8.69. The number of carbonyl (C=O) groups excluding carboxylic acids is 2. The molecule has 1 aromatic carbocycles. The van der Waals surface area contributed by atoms with Crippen molar-refractivity contribution in [2.45, 2.75) is 32.1 Å². The van der Waals surface area contributed by atoms with Crippen molar-refractivity contribution < 1.29 is 9.59 Å². The van der Waals surface area contributed by atoms with E-state index in [-0.39, 0.29) is 5.91 Å². The summed E-state index contributed by atoms with van der Waals surface area (Å²) in [5.74, 6) is 0.643. The van der Waals surface area contributed by atoms with Gasteiger partial charge in [0, 0.05) is 17.3 Å². The van der Waals surface area contributed by atoms with Gasteiger partial charge >= 0.3 is 0 Å². The van der Waals surface area contributed by atoms with Gasteiger partial charge in [-0.1, -0.05) is 19.9 Å². The second-order valence-corrected chi connectivity index (χ2v) is 6.12. The number of hydrogen-bond donors (Lipinski definition) is 1. The van der Waals surface area contributed by atoms with Crippen molar-refractivity contribution in [2.75, 3.05) is 5.32 Å². The highest BCUT2D eigenvalue weighted by Crippen LogP contribution is 2.47. The van der Waals surface area contributed by atoms with E-state index in [1.54, 1.807) is 12.3 Å². The first-order valence-corrected chi connectivity index (χ1v) is 8.69. The number of amides is 1. The Balaban J connectivity index is 0.000000948. The quantitative estimate of drug-likeness (QED) is 0.523. The second kappa shape index (κ2) is 7.04. The van der Waals surface area contributed by atoms with Gasteiger partial charge in [0.05, 0.1) is 11.1 Å². The fraction of sp³-hybridized carbons (Fsp3) is 0.238. The van der Waals surface area contributed by atoms with Gasteiger partial charge in [0.1, 0.15) is 12.1 Å². The largest absolute Gasteiger partial charge is 0.310 e. The van der Waals surface area contributed by atoms with Crippen molar-refractivity contribution in [3.63, 3.8) is 0 Å². The number of benzene rings is 1. The number of hydrogen-bond acceptors (Lipinski definition) is 4. The van der Waals surface area contributed by atoms with Gasteiger partial charge in [-0.05, 0) is 61.0 Å². The van der Waals surface area contributed by atoms with E-state index in [2.05, 4.69) is 22.0 Å². The monoisotopic (exact) mass is 347 g/mol. The highest BCUT2D eigenvalue weighted by atomic mass is 16.2. The van der Waals surface area contributed by atoms with Crippen LogP contribution in [-0.4, -0.2) is 23.9 Å². The normalized spacial score (nSPS) is 19.5. The molecule has 1 aliphatic heterocycles. The zero-order chi connectivity index (χ0) is 18.7. The molecule has 26 heavy (non-hydrogen) atoms. The van der Waals surface area contributed by atoms with Crippen LogP contribution in [0.1, 0.15) is 36.1 Å². The molecule has 0 radical (unpaired) electrons. The number of allylic oxidation sites excluding steroid dienone is 1. The minimum Gasteiger partial charge on any atom is -0.310 e. The van der Waals surface area contributed by atoms with Crippen LogP contribution < -0.4 is 5.32 Å². The third kappa shape index (κ3) is 2.65. The second-order valence-electron chi connectivity index (χ2n) is 6.12. The summed E-state index contributed by atoms with van der Waals surface area (Å²) < 4.78 is 0. The van der Waals surface area contributed by atoms with E-state index < -0.39 is 5.41 Å². The fourth-order valence-electron chi connectivity index (χ4n) is 3.74. The van der Waals surface area contributed by atoms with Crippen molar-refractivity contribution in [3.8, 4) is 0 Å². The van der Waals surface area contributed by atoms with E-state index in [1.807, 2.05) is 38.1 Å². The molecule has 132 valence electrons. The van der Waals surface area contributed by atoms with Gasteiger partial charge < -0.3 is 5.32 Å². The smallest absolute Gasteiger partial charge is 0.237 e. The van der Waals surface area contributed by atoms with Crippen LogP contribution in [0, 0.1) is 0 Å². The number of nitrogens with one attached hydrogen (secondary N) is 1. The van der Waals surface area contributed by atoms with Crippen molar-refractivity contribution in [1.29, 1.82) is 0 Å². The number of nitrogens with zero attached hydrogens (tertiary/aromatic N) is 2. The van der Waals surface area contributed by atoms with Crippen molar-refractivity contribution in [3.05, 3.63) is 58.8 Å². The van der Waals surface area contributed by atoms with E-state index in [0.29, 0.717) is 24.3 Å². The van der Waals surface area contributed by atoms with Crippen LogP contribution in [-0.2, 0) is 27.8 Å². The van der Waals surface area contributed by atoms with E-state index in [0.717, 1.165) is 28.5 Å². The number of anilines is 1. The number of rotatable bonds is 3. The zero-order valence-electron chi connectivity index (χ0n) is 15.0. The Kier molecular flexibility index (Phi) is 4.80. The van der Waals surface area contributed by atoms with Crippen molar-refractivity contribution in [1.82, 2.24) is 4.98 Å². The first kappa shape index (κ1) is 17.7. The van der Waals surface area contributed by atoms with Gasteiger partial charge in [-0.25, -0.2) is 4.98 Å². The highest BCUT2D eigenvalue weighted by Gasteiger charge is 2.51. The molecule has 2 heterocycles. The molecule has 4 rings (SSSR count). The average Bonchev–Trinajstić information content (AvgIpc) is 3.18. The Labute approximate surface area is 152 Å². The lowest BCUT2D eigenvalue weighted by molar-refractivity contribution is -0.120. The van der Waals surface area contributed by atoms with Crippen LogP contribution in [0.5, 0.6) is 0 Å². The molecule has 5 nitrogen and oxygen atoms in total. The number of pyridine rings is 1. The Hall–Kier alpha value is -3.08. The number of carbonyl (C=O) groups is 2. The van der Waals surface area contributed by atoms with E-state index in [1.165, 1.54) is 6.08 Å². The first-order chi connectivity index (χ1) is 12.7. The van der Waals surface area contributed by atoms with E-state index in [9.17, 15) is 9.59 Å². The SMILES string of the molecule is C=Nc1cc2c(cc1/C=C/C=O)CC1(C2)C(=O)Nc2ncccc21.CC. The van der Waals surface area contributed by atoms with Crippen LogP contribution in [0.2, 0.25) is 0 Å². The molecule has 1 unspecified atom stereocenters. The molecule has 0 saturated heterocycles. The molecule has 0 fully saturated rings. The summed E-state index contributed by atoms with van der Waals surface area (Å²) in [6.45, 7) is 7.60. The lowest BCUT2D eigenvalue weighted by atomic mass is 9.79. The molecular weight excluding hydrogens is 326 g/mol. The maximum atomic E-state index is 12.7. The van der Waals surface area contributed by atoms with Crippen LogP contribution >= 0.6 is 0 Å². The van der Waals surface area contributed by atoms with Gasteiger partial charge in [0.2, 0.25) is 5.91 Å². The molecule has 2 aromatic rings. The summed E-state index contributed by atoms with van der Waals surface area (Å²) in [4.78, 5) is 31.6. The number of aromatic nitrogens is 1. The molecule has 5 heteroatoms. The fourth-order valence-corrected chi connectivity index (χ4v) is 3.74. The maximum absolute atomic E-state index is 12.7. The molecule has 1 aromatic heterocycles. The molecule has 1 N–H and O–H groups in total. The summed E-state index contributed by atoms with van der Waals surface area (Å²) in [5, 5.41) is 2.90. The third-order valence-corrected chi connectivity index (χ3v) is 4.85. The lowest BCUT2D eigenvalue weighted by Crippen LogP contribution is -2.35. The van der Waals surface area contributed by atoms with Gasteiger partial charge in [0.15, 0.2) is 0 Å². The molecule has 1 amide bonds. The Bertz CT molecular complexity index is 917. The molecule has 1 spiro atoms. The molecule has 1 atom stereocenters. The summed E-state index contributed by atoms with van der Waals surface area (Å²) in [5.41, 5.74) is 4.08. The predicted octanol–water partition coefficient (Wildman–Crippen LogP) is 3.64. The van der Waals surface area contributed by atoms with Gasteiger partial charge in [0.25, 0.3) is 0 Å². The average molecular weight is 347 g/mol. The minimum atomic E-state index is -0.600. The minimum absolute atomic E-state index is 0.00880. The number of aliphatic imine (C=N–C) groups is 1. The molecule has 2 aliphatic rings. The highest BCUT2D eigenvalue weighted by molar-refractivity contribution is 6.06. The van der Waals surface area contributed by atoms with Crippen LogP contribution in [0.4, 0.5) is 11.5 Å². The van der Waals surface area contributed by atoms with E-state index >= 15 is 0 Å². The van der Waals surface area contributed by atoms with Crippen molar-refractivity contribution >= 4 is 36.5 Å². The van der Waals surface area contributed by atoms with E-state index in [4.69, 9.17) is 0 Å². The summed E-state index contributed by atoms with van der Waals surface area (Å²) in [6, 6.07) is 7.78. The van der Waals surface area contributed by atoms with Crippen LogP contribution in [0.15, 0.2) is 41.5 Å². The molecular formula is C21H21N3O2. The Morgan fingerprint density at radius 1 is 1.27 bits per heavy atom. The standard InChI is InChI=1S/C19H15N3O2.C2H6/c1-20-16-9-14-11-19(10-13(14)8-12(16)4-3-7-23)15-5-2-6-21-17(15)22-18(19)24;1-2/h2-9H,1,10-11H2,(H,21,22,24);1-2H3/b4-3+;. The van der Waals surface area contributed by atoms with Gasteiger partial charge in [-0.15, -0.1) is 0 Å². The number of aldehydes is 1. The number of fused-ring (bicyclic) bond motifs is 3.